The highest BCUT2D eigenvalue weighted by Gasteiger charge is 2.12. The maximum atomic E-state index is 6.17. The van der Waals surface area contributed by atoms with E-state index in [0.29, 0.717) is 28.1 Å². The Hall–Kier alpha value is -0.770. The monoisotopic (exact) mass is 343 g/mol. The summed E-state index contributed by atoms with van der Waals surface area (Å²) in [6.07, 6.45) is 0.656. The molecule has 5 heteroatoms. The van der Waals surface area contributed by atoms with Crippen LogP contribution in [0.2, 0.25) is 15.1 Å². The first kappa shape index (κ1) is 16.6. The van der Waals surface area contributed by atoms with E-state index < -0.39 is 0 Å². The van der Waals surface area contributed by atoms with Gasteiger partial charge in [-0.15, -0.1) is 0 Å². The quantitative estimate of drug-likeness (QED) is 0.718. The lowest BCUT2D eigenvalue weighted by Gasteiger charge is -2.16. The Morgan fingerprint density at radius 1 is 1.05 bits per heavy atom. The Kier molecular flexibility index (Phi) is 6.34. The van der Waals surface area contributed by atoms with Gasteiger partial charge in [0.05, 0.1) is 6.61 Å². The van der Waals surface area contributed by atoms with E-state index in [4.69, 9.17) is 39.6 Å². The molecule has 1 N–H and O–H groups in total. The molecule has 0 aliphatic carbocycles. The van der Waals surface area contributed by atoms with Gasteiger partial charge in [0.25, 0.3) is 0 Å². The van der Waals surface area contributed by atoms with Crippen molar-refractivity contribution in [1.82, 2.24) is 5.48 Å². The molecule has 2 aromatic rings. The average molecular weight is 345 g/mol. The van der Waals surface area contributed by atoms with Crippen LogP contribution in [0.25, 0.3) is 0 Å². The fourth-order valence-corrected chi connectivity index (χ4v) is 2.93. The maximum absolute atomic E-state index is 6.17. The van der Waals surface area contributed by atoms with E-state index in [0.717, 1.165) is 11.1 Å². The molecule has 2 aromatic carbocycles. The van der Waals surface area contributed by atoms with Crippen molar-refractivity contribution >= 4 is 34.8 Å². The largest absolute Gasteiger partial charge is 0.297 e. The SMILES string of the molecule is C[C@H](Cc1c(Cl)cc(Cl)cc1Cl)NOCc1ccccc1. The first-order valence-corrected chi connectivity index (χ1v) is 7.74. The van der Waals surface area contributed by atoms with Crippen molar-refractivity contribution in [2.45, 2.75) is 26.0 Å². The molecule has 21 heavy (non-hydrogen) atoms. The Bertz CT molecular complexity index is 566. The summed E-state index contributed by atoms with van der Waals surface area (Å²) in [5.41, 5.74) is 4.98. The van der Waals surface area contributed by atoms with Crippen LogP contribution in [0.4, 0.5) is 0 Å². The number of halogens is 3. The second-order valence-corrected chi connectivity index (χ2v) is 6.10. The smallest absolute Gasteiger partial charge is 0.0933 e. The van der Waals surface area contributed by atoms with Crippen LogP contribution >= 0.6 is 34.8 Å². The molecule has 0 heterocycles. The second-order valence-electron chi connectivity index (χ2n) is 4.85. The minimum absolute atomic E-state index is 0.0740. The molecule has 112 valence electrons. The summed E-state index contributed by atoms with van der Waals surface area (Å²) < 4.78 is 0. The standard InChI is InChI=1S/C16H16Cl3NO/c1-11(20-21-10-12-5-3-2-4-6-12)7-14-15(18)8-13(17)9-16(14)19/h2-6,8-9,11,20H,7,10H2,1H3/t11-/m1/s1. The Balaban J connectivity index is 1.86. The number of rotatable bonds is 6. The van der Waals surface area contributed by atoms with Gasteiger partial charge < -0.3 is 0 Å². The predicted molar refractivity (Wildman–Crippen MR) is 89.0 cm³/mol. The third kappa shape index (κ3) is 5.17. The van der Waals surface area contributed by atoms with Crippen LogP contribution in [0.1, 0.15) is 18.1 Å². The molecule has 0 saturated carbocycles. The van der Waals surface area contributed by atoms with Crippen LogP contribution in [-0.2, 0) is 17.9 Å². The van der Waals surface area contributed by atoms with Gasteiger partial charge in [0, 0.05) is 21.1 Å². The zero-order valence-electron chi connectivity index (χ0n) is 11.6. The van der Waals surface area contributed by atoms with Crippen LogP contribution in [0.15, 0.2) is 42.5 Å². The van der Waals surface area contributed by atoms with Crippen molar-refractivity contribution in [3.8, 4) is 0 Å². The summed E-state index contributed by atoms with van der Waals surface area (Å²) in [6, 6.07) is 13.4. The summed E-state index contributed by atoms with van der Waals surface area (Å²) in [5, 5.41) is 1.68. The van der Waals surface area contributed by atoms with E-state index in [-0.39, 0.29) is 6.04 Å². The summed E-state index contributed by atoms with van der Waals surface area (Å²) in [7, 11) is 0. The number of hydrogen-bond acceptors (Lipinski definition) is 2. The summed E-state index contributed by atoms with van der Waals surface area (Å²) in [4.78, 5) is 5.49. The van der Waals surface area contributed by atoms with Crippen LogP contribution < -0.4 is 5.48 Å². The van der Waals surface area contributed by atoms with E-state index in [2.05, 4.69) is 5.48 Å². The lowest BCUT2D eigenvalue weighted by atomic mass is 10.1. The summed E-state index contributed by atoms with van der Waals surface area (Å²) in [6.45, 7) is 2.51. The molecule has 2 nitrogen and oxygen atoms in total. The van der Waals surface area contributed by atoms with Crippen LogP contribution in [0.3, 0.4) is 0 Å². The fourth-order valence-electron chi connectivity index (χ4n) is 1.96. The summed E-state index contributed by atoms with van der Waals surface area (Å²) >= 11 is 18.2. The zero-order chi connectivity index (χ0) is 15.2. The van der Waals surface area contributed by atoms with E-state index in [1.54, 1.807) is 12.1 Å². The molecule has 0 bridgehead atoms. The number of nitrogens with one attached hydrogen (secondary N) is 1. The van der Waals surface area contributed by atoms with Gasteiger partial charge in [0.1, 0.15) is 0 Å². The molecule has 0 unspecified atom stereocenters. The van der Waals surface area contributed by atoms with E-state index >= 15 is 0 Å². The van der Waals surface area contributed by atoms with Gasteiger partial charge in [-0.2, -0.15) is 5.48 Å². The zero-order valence-corrected chi connectivity index (χ0v) is 13.8. The first-order chi connectivity index (χ1) is 10.1. The Morgan fingerprint density at radius 3 is 2.29 bits per heavy atom. The lowest BCUT2D eigenvalue weighted by molar-refractivity contribution is 0.00764. The van der Waals surface area contributed by atoms with Crippen LogP contribution in [-0.4, -0.2) is 6.04 Å². The van der Waals surface area contributed by atoms with Gasteiger partial charge >= 0.3 is 0 Å². The van der Waals surface area contributed by atoms with Gasteiger partial charge in [-0.1, -0.05) is 65.1 Å². The Labute approximate surface area is 139 Å². The van der Waals surface area contributed by atoms with Crippen molar-refractivity contribution in [1.29, 1.82) is 0 Å². The van der Waals surface area contributed by atoms with Gasteiger partial charge in [0.15, 0.2) is 0 Å². The third-order valence-electron chi connectivity index (χ3n) is 2.98. The third-order valence-corrected chi connectivity index (χ3v) is 3.87. The van der Waals surface area contributed by atoms with E-state index in [1.165, 1.54) is 0 Å². The second kappa shape index (κ2) is 8.02. The maximum Gasteiger partial charge on any atom is 0.0933 e. The van der Waals surface area contributed by atoms with E-state index in [1.807, 2.05) is 37.3 Å². The van der Waals surface area contributed by atoms with Crippen molar-refractivity contribution in [3.05, 3.63) is 68.7 Å². The predicted octanol–water partition coefficient (Wildman–Crippen LogP) is 5.30. The van der Waals surface area contributed by atoms with Gasteiger partial charge in [-0.3, -0.25) is 4.84 Å². The average Bonchev–Trinajstić information content (AvgIpc) is 2.44. The van der Waals surface area contributed by atoms with E-state index in [9.17, 15) is 0 Å². The minimum Gasteiger partial charge on any atom is -0.297 e. The molecule has 2 rings (SSSR count). The molecule has 0 spiro atoms. The molecule has 0 fully saturated rings. The lowest BCUT2D eigenvalue weighted by Crippen LogP contribution is -2.28. The summed E-state index contributed by atoms with van der Waals surface area (Å²) in [5.74, 6) is 0. The highest BCUT2D eigenvalue weighted by molar-refractivity contribution is 6.39. The van der Waals surface area contributed by atoms with Gasteiger partial charge in [-0.25, -0.2) is 0 Å². The van der Waals surface area contributed by atoms with Crippen molar-refractivity contribution in [2.75, 3.05) is 0 Å². The Morgan fingerprint density at radius 2 is 1.67 bits per heavy atom. The first-order valence-electron chi connectivity index (χ1n) is 6.61. The minimum atomic E-state index is 0.0740. The molecule has 0 saturated heterocycles. The highest BCUT2D eigenvalue weighted by Crippen LogP contribution is 2.29. The highest BCUT2D eigenvalue weighted by atomic mass is 35.5. The molecule has 0 radical (unpaired) electrons. The molecule has 1 atom stereocenters. The molecule has 0 aromatic heterocycles. The van der Waals surface area contributed by atoms with Gasteiger partial charge in [0.2, 0.25) is 0 Å². The molecule has 0 amide bonds. The number of hydrogen-bond donors (Lipinski definition) is 1. The molecular formula is C16H16Cl3NO. The van der Waals surface area contributed by atoms with Crippen molar-refractivity contribution in [3.63, 3.8) is 0 Å². The fraction of sp³-hybridized carbons (Fsp3) is 0.250. The molecule has 0 aliphatic heterocycles. The van der Waals surface area contributed by atoms with Crippen molar-refractivity contribution < 1.29 is 4.84 Å². The molecule has 0 aliphatic rings. The number of benzene rings is 2. The van der Waals surface area contributed by atoms with Crippen LogP contribution in [0, 0.1) is 0 Å². The normalized spacial score (nSPS) is 12.4. The number of hydroxylamine groups is 1. The van der Waals surface area contributed by atoms with Crippen LogP contribution in [0.5, 0.6) is 0 Å². The molecular weight excluding hydrogens is 329 g/mol. The van der Waals surface area contributed by atoms with Crippen molar-refractivity contribution in [2.24, 2.45) is 0 Å². The topological polar surface area (TPSA) is 21.3 Å². The van der Waals surface area contributed by atoms with Gasteiger partial charge in [-0.05, 0) is 36.6 Å².